The summed E-state index contributed by atoms with van der Waals surface area (Å²) < 4.78 is 37.2. The van der Waals surface area contributed by atoms with Crippen molar-refractivity contribution in [1.29, 1.82) is 0 Å². The van der Waals surface area contributed by atoms with Crippen LogP contribution in [0.4, 0.5) is 13.2 Å². The van der Waals surface area contributed by atoms with Crippen LogP contribution in [0.2, 0.25) is 0 Å². The molecular weight excluding hydrogens is 219 g/mol. The van der Waals surface area contributed by atoms with Crippen LogP contribution in [0, 0.1) is 0 Å². The molecule has 0 saturated carbocycles. The molecule has 0 aromatic carbocycles. The average Bonchev–Trinajstić information content (AvgIpc) is 2.26. The number of rotatable bonds is 3. The second-order valence-corrected chi connectivity index (χ2v) is 3.51. The summed E-state index contributed by atoms with van der Waals surface area (Å²) in [5.74, 6) is -0.709. The number of halogens is 3. The lowest BCUT2D eigenvalue weighted by molar-refractivity contribution is -0.137. The lowest BCUT2D eigenvalue weighted by Crippen LogP contribution is -2.12. The van der Waals surface area contributed by atoms with Gasteiger partial charge in [0.05, 0.1) is 17.2 Å². The molecule has 1 atom stereocenters. The van der Waals surface area contributed by atoms with E-state index in [9.17, 15) is 18.0 Å². The topological polar surface area (TPSA) is 30.0 Å². The third-order valence-electron chi connectivity index (χ3n) is 2.38. The lowest BCUT2D eigenvalue weighted by Gasteiger charge is -2.11. The fourth-order valence-electron chi connectivity index (χ4n) is 1.33. The number of hydrogen-bond donors (Lipinski definition) is 0. The number of Topliss-reactive ketones (excluding diaryl/α,β-unsaturated/α-hetero) is 1. The first-order chi connectivity index (χ1) is 7.36. The quantitative estimate of drug-likeness (QED) is 0.799. The van der Waals surface area contributed by atoms with Crippen LogP contribution in [0.25, 0.3) is 0 Å². The van der Waals surface area contributed by atoms with Crippen molar-refractivity contribution in [3.63, 3.8) is 0 Å². The summed E-state index contributed by atoms with van der Waals surface area (Å²) in [7, 11) is 0. The third kappa shape index (κ3) is 2.81. The molecule has 0 aliphatic heterocycles. The van der Waals surface area contributed by atoms with Gasteiger partial charge in [-0.25, -0.2) is 0 Å². The van der Waals surface area contributed by atoms with Crippen molar-refractivity contribution in [2.75, 3.05) is 0 Å². The zero-order valence-electron chi connectivity index (χ0n) is 9.01. The molecule has 0 saturated heterocycles. The van der Waals surface area contributed by atoms with Gasteiger partial charge < -0.3 is 0 Å². The Morgan fingerprint density at radius 2 is 2.12 bits per heavy atom. The number of hydrogen-bond acceptors (Lipinski definition) is 2. The Morgan fingerprint density at radius 3 is 2.62 bits per heavy atom. The zero-order valence-corrected chi connectivity index (χ0v) is 9.01. The Hall–Kier alpha value is -1.39. The highest BCUT2D eigenvalue weighted by Gasteiger charge is 2.31. The van der Waals surface area contributed by atoms with Gasteiger partial charge in [0.2, 0.25) is 0 Å². The van der Waals surface area contributed by atoms with Crippen molar-refractivity contribution >= 4 is 5.78 Å². The Morgan fingerprint density at radius 1 is 1.50 bits per heavy atom. The number of ketones is 1. The Labute approximate surface area is 91.5 Å². The predicted octanol–water partition coefficient (Wildman–Crippen LogP) is 3.18. The van der Waals surface area contributed by atoms with Crippen molar-refractivity contribution in [3.8, 4) is 0 Å². The predicted molar refractivity (Wildman–Crippen MR) is 53.0 cm³/mol. The minimum atomic E-state index is -4.40. The van der Waals surface area contributed by atoms with E-state index in [-0.39, 0.29) is 11.5 Å². The van der Waals surface area contributed by atoms with Gasteiger partial charge in [0.15, 0.2) is 0 Å². The summed E-state index contributed by atoms with van der Waals surface area (Å²) in [6.45, 7) is 3.24. The van der Waals surface area contributed by atoms with Gasteiger partial charge in [0.25, 0.3) is 0 Å². The van der Waals surface area contributed by atoms with Crippen LogP contribution in [0.15, 0.2) is 18.3 Å². The number of alkyl halides is 3. The molecule has 0 aliphatic carbocycles. The first-order valence-corrected chi connectivity index (χ1v) is 4.92. The minimum absolute atomic E-state index is 0.119. The molecule has 0 aliphatic rings. The van der Waals surface area contributed by atoms with Gasteiger partial charge in [-0.2, -0.15) is 13.2 Å². The van der Waals surface area contributed by atoms with E-state index in [4.69, 9.17) is 0 Å². The van der Waals surface area contributed by atoms with Gasteiger partial charge >= 0.3 is 6.18 Å². The molecule has 1 aromatic heterocycles. The average molecular weight is 231 g/mol. The molecule has 0 fully saturated rings. The molecule has 0 N–H and O–H groups in total. The van der Waals surface area contributed by atoms with Crippen LogP contribution in [0.1, 0.15) is 37.4 Å². The zero-order chi connectivity index (χ0) is 12.3. The lowest BCUT2D eigenvalue weighted by atomic mass is 9.99. The van der Waals surface area contributed by atoms with E-state index in [2.05, 4.69) is 4.98 Å². The monoisotopic (exact) mass is 231 g/mol. The summed E-state index contributed by atoms with van der Waals surface area (Å²) in [6, 6.07) is 1.82. The van der Waals surface area contributed by atoms with Gasteiger partial charge in [0, 0.05) is 12.6 Å². The SMILES string of the molecule is CCC(=O)C(C)c1cc(C(F)(F)F)ccn1. The molecule has 0 radical (unpaired) electrons. The Kier molecular flexibility index (Phi) is 3.67. The summed E-state index contributed by atoms with van der Waals surface area (Å²) in [4.78, 5) is 15.2. The van der Waals surface area contributed by atoms with Gasteiger partial charge in [-0.3, -0.25) is 9.78 Å². The van der Waals surface area contributed by atoms with E-state index >= 15 is 0 Å². The molecule has 1 aromatic rings. The fraction of sp³-hybridized carbons (Fsp3) is 0.455. The fourth-order valence-corrected chi connectivity index (χ4v) is 1.33. The van der Waals surface area contributed by atoms with Gasteiger partial charge in [-0.15, -0.1) is 0 Å². The first kappa shape index (κ1) is 12.7. The second kappa shape index (κ2) is 4.63. The van der Waals surface area contributed by atoms with Crippen molar-refractivity contribution < 1.29 is 18.0 Å². The molecule has 16 heavy (non-hydrogen) atoms. The minimum Gasteiger partial charge on any atom is -0.299 e. The number of carbonyl (C=O) groups excluding carboxylic acids is 1. The van der Waals surface area contributed by atoms with E-state index in [1.54, 1.807) is 13.8 Å². The maximum Gasteiger partial charge on any atom is 0.416 e. The van der Waals surface area contributed by atoms with Gasteiger partial charge in [-0.05, 0) is 19.1 Å². The first-order valence-electron chi connectivity index (χ1n) is 4.92. The maximum atomic E-state index is 12.4. The summed E-state index contributed by atoms with van der Waals surface area (Å²) in [5.41, 5.74) is -0.602. The second-order valence-electron chi connectivity index (χ2n) is 3.51. The molecule has 0 spiro atoms. The molecule has 1 rings (SSSR count). The standard InChI is InChI=1S/C11H12F3NO/c1-3-10(16)7(2)9-6-8(4-5-15-9)11(12,13)14/h4-7H,3H2,1-2H3. The number of carbonyl (C=O) groups is 1. The number of nitrogens with zero attached hydrogens (tertiary/aromatic N) is 1. The smallest absolute Gasteiger partial charge is 0.299 e. The van der Waals surface area contributed by atoms with Crippen molar-refractivity contribution in [2.45, 2.75) is 32.4 Å². The van der Waals surface area contributed by atoms with Crippen LogP contribution < -0.4 is 0 Å². The third-order valence-corrected chi connectivity index (χ3v) is 2.38. The molecule has 88 valence electrons. The number of aromatic nitrogens is 1. The summed E-state index contributed by atoms with van der Waals surface area (Å²) in [6.07, 6.45) is -3.02. The van der Waals surface area contributed by atoms with Crippen LogP contribution in [0.3, 0.4) is 0 Å². The molecule has 0 amide bonds. The van der Waals surface area contributed by atoms with E-state index in [1.165, 1.54) is 0 Å². The summed E-state index contributed by atoms with van der Waals surface area (Å²) in [5, 5.41) is 0. The van der Waals surface area contributed by atoms with Crippen LogP contribution in [-0.4, -0.2) is 10.8 Å². The van der Waals surface area contributed by atoms with E-state index in [0.717, 1.165) is 18.3 Å². The van der Waals surface area contributed by atoms with E-state index in [1.807, 2.05) is 0 Å². The normalized spacial score (nSPS) is 13.6. The molecule has 2 nitrogen and oxygen atoms in total. The molecule has 1 heterocycles. The maximum absolute atomic E-state index is 12.4. The Bertz CT molecular complexity index is 387. The highest BCUT2D eigenvalue weighted by atomic mass is 19.4. The largest absolute Gasteiger partial charge is 0.416 e. The van der Waals surface area contributed by atoms with Gasteiger partial charge in [-0.1, -0.05) is 6.92 Å². The van der Waals surface area contributed by atoms with Gasteiger partial charge in [0.1, 0.15) is 5.78 Å². The van der Waals surface area contributed by atoms with Crippen LogP contribution in [0.5, 0.6) is 0 Å². The molecule has 1 unspecified atom stereocenters. The van der Waals surface area contributed by atoms with E-state index in [0.29, 0.717) is 6.42 Å². The van der Waals surface area contributed by atoms with Crippen LogP contribution >= 0.6 is 0 Å². The highest BCUT2D eigenvalue weighted by molar-refractivity contribution is 5.84. The molecule has 5 heteroatoms. The summed E-state index contributed by atoms with van der Waals surface area (Å²) >= 11 is 0. The van der Waals surface area contributed by atoms with E-state index < -0.39 is 17.7 Å². The highest BCUT2D eigenvalue weighted by Crippen LogP contribution is 2.30. The molecule has 0 bridgehead atoms. The van der Waals surface area contributed by atoms with Crippen molar-refractivity contribution in [2.24, 2.45) is 0 Å². The van der Waals surface area contributed by atoms with Crippen LogP contribution in [-0.2, 0) is 11.0 Å². The van der Waals surface area contributed by atoms with Crippen molar-refractivity contribution in [3.05, 3.63) is 29.6 Å². The number of pyridine rings is 1. The Balaban J connectivity index is 3.04. The molecular formula is C11H12F3NO. The van der Waals surface area contributed by atoms with Crippen molar-refractivity contribution in [1.82, 2.24) is 4.98 Å².